The fourth-order valence-corrected chi connectivity index (χ4v) is 7.59. The van der Waals surface area contributed by atoms with Crippen molar-refractivity contribution in [2.45, 2.75) is 561 Å². The lowest BCUT2D eigenvalue weighted by Crippen LogP contribution is -2.29. The smallest absolute Gasteiger partial charge is 0.328 e. The Morgan fingerprint density at radius 1 is 0.291 bits per heavy atom. The van der Waals surface area contributed by atoms with Crippen molar-refractivity contribution in [2.75, 3.05) is 0 Å². The zero-order valence-corrected chi connectivity index (χ0v) is 90.7. The molecule has 2 aromatic rings. The van der Waals surface area contributed by atoms with E-state index in [1.807, 2.05) is 315 Å². The lowest BCUT2D eigenvalue weighted by molar-refractivity contribution is 0.396. The van der Waals surface area contributed by atoms with Crippen LogP contribution in [0.15, 0.2) is 105 Å². The van der Waals surface area contributed by atoms with Crippen LogP contribution in [-0.2, 0) is 0 Å². The SMILES string of the molecule is C.C.C.C.C.C.C=C1CC=CN1C(C)C.CC.CC.CC.CC.CC.CC.CC.CC.CC.CC.CC.CC.CC.CC.CC.CC.CC.CC.CC(C)C.CC(C)C.CC(C)C.CC(C)N1C=CCC1=S.CC(C)N=C1CC=CN1C(C)C.CC(C)N=C1CC=CN1C(C)C.CC(C)n1ccn(C(C)C)c1=O.CC(C)n1ccsc1=O. The molecule has 2 aromatic heterocycles. The van der Waals surface area contributed by atoms with Gasteiger partial charge < -0.3 is 24.2 Å². The fraction of sp³-hybridized carbons (Fsp3) is 0.817. The van der Waals surface area contributed by atoms with Crippen LogP contribution in [0, 0.1) is 17.8 Å². The average Bonchev–Trinajstić information content (AvgIpc) is 1.70. The van der Waals surface area contributed by atoms with E-state index < -0.39 is 0 Å². The van der Waals surface area contributed by atoms with E-state index in [0.29, 0.717) is 42.3 Å². The molecule has 0 amide bonds. The molecule has 6 rings (SSSR count). The van der Waals surface area contributed by atoms with Crippen molar-refractivity contribution in [3.8, 4) is 0 Å². The van der Waals surface area contributed by atoms with Gasteiger partial charge in [-0.05, 0) is 142 Å². The van der Waals surface area contributed by atoms with E-state index >= 15 is 0 Å². The van der Waals surface area contributed by atoms with Crippen LogP contribution in [-0.4, -0.2) is 86.2 Å². The maximum absolute atomic E-state index is 11.6. The monoisotopic (exact) mass is 1720 g/mol. The first-order chi connectivity index (χ1) is 52.6. The van der Waals surface area contributed by atoms with Crippen LogP contribution in [0.1, 0.15) is 525 Å². The lowest BCUT2D eigenvalue weighted by atomic mass is 10.3. The van der Waals surface area contributed by atoms with E-state index in [2.05, 4.69) is 231 Å². The summed E-state index contributed by atoms with van der Waals surface area (Å²) in [6.45, 7) is 133. The van der Waals surface area contributed by atoms with E-state index in [4.69, 9.17) is 12.2 Å². The number of hydrogen-bond acceptors (Lipinski definition) is 7. The molecule has 732 valence electrons. The minimum absolute atomic E-state index is 0. The van der Waals surface area contributed by atoms with E-state index in [1.165, 1.54) is 28.7 Å². The summed E-state index contributed by atoms with van der Waals surface area (Å²) in [5.74, 6) is 4.92. The Kier molecular flexibility index (Phi) is 279. The second-order valence-electron chi connectivity index (χ2n) is 23.5. The van der Waals surface area contributed by atoms with Crippen molar-refractivity contribution in [3.63, 3.8) is 0 Å². The van der Waals surface area contributed by atoms with Crippen LogP contribution >= 0.6 is 23.6 Å². The zero-order valence-electron chi connectivity index (χ0n) is 89.0. The van der Waals surface area contributed by atoms with Gasteiger partial charge in [0.2, 0.25) is 0 Å². The number of nitrogens with zero attached hydrogens (tertiary/aromatic N) is 9. The highest BCUT2D eigenvalue weighted by Gasteiger charge is 2.17. The topological polar surface area (TPSA) is 86.6 Å². The van der Waals surface area contributed by atoms with Crippen molar-refractivity contribution in [1.29, 1.82) is 0 Å². The van der Waals surface area contributed by atoms with Crippen LogP contribution in [0.25, 0.3) is 0 Å². The Bertz CT molecular complexity index is 1990. The van der Waals surface area contributed by atoms with Gasteiger partial charge in [-0.3, -0.25) is 23.9 Å². The van der Waals surface area contributed by atoms with E-state index in [9.17, 15) is 9.59 Å². The molecule has 0 atom stereocenters. The molecule has 0 bridgehead atoms. The summed E-state index contributed by atoms with van der Waals surface area (Å²) in [6, 6.07) is 3.75. The summed E-state index contributed by atoms with van der Waals surface area (Å²) in [4.78, 5) is 41.5. The molecule has 0 spiro atoms. The molecule has 0 fully saturated rings. The van der Waals surface area contributed by atoms with Gasteiger partial charge in [-0.15, -0.1) is 0 Å². The van der Waals surface area contributed by atoms with Crippen molar-refractivity contribution < 1.29 is 0 Å². The van der Waals surface area contributed by atoms with E-state index in [1.54, 1.807) is 13.7 Å². The van der Waals surface area contributed by atoms with Crippen molar-refractivity contribution in [3.05, 3.63) is 106 Å². The van der Waals surface area contributed by atoms with Crippen LogP contribution < -0.4 is 10.6 Å². The molecule has 11 nitrogen and oxygen atoms in total. The van der Waals surface area contributed by atoms with Crippen LogP contribution in [0.2, 0.25) is 0 Å². The Morgan fingerprint density at radius 3 is 0.607 bits per heavy atom. The highest BCUT2D eigenvalue weighted by Crippen LogP contribution is 2.19. The van der Waals surface area contributed by atoms with Crippen LogP contribution in [0.3, 0.4) is 0 Å². The van der Waals surface area contributed by atoms with Gasteiger partial charge in [0.05, 0.1) is 4.99 Å². The van der Waals surface area contributed by atoms with Gasteiger partial charge in [-0.25, -0.2) is 4.79 Å². The van der Waals surface area contributed by atoms with Gasteiger partial charge in [0, 0.05) is 135 Å². The summed E-state index contributed by atoms with van der Waals surface area (Å²) in [6.07, 6.45) is 26.5. The second kappa shape index (κ2) is 170. The molecular weight excluding hydrogens is 1470 g/mol. The normalized spacial score (nSPS) is 10.8. The molecule has 0 saturated heterocycles. The zero-order chi connectivity index (χ0) is 94.9. The number of aliphatic imine (C=N–C) groups is 2. The molecule has 6 heterocycles. The Hall–Kier alpha value is -4.23. The Balaban J connectivity index is -0.0000000298. The van der Waals surface area contributed by atoms with Gasteiger partial charge in [0.25, 0.3) is 0 Å². The highest BCUT2D eigenvalue weighted by atomic mass is 32.1. The number of hydrogen-bond donors (Lipinski definition) is 0. The molecule has 0 saturated carbocycles. The number of rotatable bonds is 9. The van der Waals surface area contributed by atoms with Gasteiger partial charge >= 0.3 is 10.6 Å². The minimum Gasteiger partial charge on any atom is -0.350 e. The summed E-state index contributed by atoms with van der Waals surface area (Å²) in [5, 5.41) is 1.81. The number of allylic oxidation sites excluding steroid dienone is 1. The first-order valence-corrected chi connectivity index (χ1v) is 47.5. The predicted molar refractivity (Wildman–Crippen MR) is 584 cm³/mol. The Labute approximate surface area is 762 Å². The van der Waals surface area contributed by atoms with Gasteiger partial charge in [-0.1, -0.05) is 411 Å². The molecule has 0 radical (unpaired) electrons. The first-order valence-electron chi connectivity index (χ1n) is 46.2. The number of amidine groups is 2. The third kappa shape index (κ3) is 150. The predicted octanol–water partition coefficient (Wildman–Crippen LogP) is 39.5. The van der Waals surface area contributed by atoms with Crippen molar-refractivity contribution in [1.82, 2.24) is 33.3 Å². The summed E-state index contributed by atoms with van der Waals surface area (Å²) >= 11 is 6.32. The molecule has 0 unspecified atom stereocenters. The Morgan fingerprint density at radius 2 is 0.487 bits per heavy atom. The summed E-state index contributed by atoms with van der Waals surface area (Å²) in [7, 11) is 0. The van der Waals surface area contributed by atoms with Gasteiger partial charge in [0.15, 0.2) is 0 Å². The van der Waals surface area contributed by atoms with Crippen molar-refractivity contribution in [2.24, 2.45) is 27.7 Å². The molecule has 13 heteroatoms. The van der Waals surface area contributed by atoms with Crippen LogP contribution in [0.5, 0.6) is 0 Å². The second-order valence-corrected chi connectivity index (χ2v) is 24.9. The minimum atomic E-state index is 0. The van der Waals surface area contributed by atoms with Crippen LogP contribution in [0.4, 0.5) is 0 Å². The maximum atomic E-state index is 11.6. The molecule has 117 heavy (non-hydrogen) atoms. The summed E-state index contributed by atoms with van der Waals surface area (Å²) < 4.78 is 5.19. The number of thiocarbonyl (C=S) groups is 1. The quantitative estimate of drug-likeness (QED) is 0.231. The number of thiazole rings is 1. The largest absolute Gasteiger partial charge is 0.350 e. The van der Waals surface area contributed by atoms with Gasteiger partial charge in [-0.2, -0.15) is 0 Å². The number of aromatic nitrogens is 3. The molecule has 4 aliphatic heterocycles. The van der Waals surface area contributed by atoms with E-state index in [0.717, 1.165) is 48.4 Å². The molecule has 0 N–H and O–H groups in total. The third-order valence-electron chi connectivity index (χ3n) is 9.70. The molecule has 0 aromatic carbocycles. The number of imidazole rings is 1. The molecule has 4 aliphatic rings. The van der Waals surface area contributed by atoms with Gasteiger partial charge in [0.1, 0.15) is 11.7 Å². The first kappa shape index (κ1) is 192. The third-order valence-corrected chi connectivity index (χ3v) is 10.7. The van der Waals surface area contributed by atoms with E-state index in [-0.39, 0.29) is 67.2 Å². The molecule has 0 aliphatic carbocycles. The standard InChI is InChI=1S/2C10H18N2.C9H16N2O.C8H13N.C7H11NS.C6H9NOS.3C4H10.18C2H6.6CH4/c2*1-8(2)11-10-6-5-7-12(10)9(3)4;1-7(2)10-5-6-11(8(3)4)9(10)12;1-7(2)9-6-4-5-8(9)3;1-6(2)8-5-3-4-7(8)9;1-5(2)7-3-4-9-6(7)8;3*1-4(2)3;18*1-2;;;;;;/h2*5,7-9H,6H2,1-4H3;5-8H,1-4H3;4,6-7H,3,5H2,1-2H3;3,5-6H,4H2,1-2H3;3-5H,1-2H3;3*4H,1-3H3;18*1-2H3;6*1H4. The summed E-state index contributed by atoms with van der Waals surface area (Å²) in [5.41, 5.74) is 1.30. The van der Waals surface area contributed by atoms with Crippen molar-refractivity contribution >= 4 is 40.2 Å². The lowest BCUT2D eigenvalue weighted by Gasteiger charge is -2.22. The highest BCUT2D eigenvalue weighted by molar-refractivity contribution is 7.80. The molecular formula is C104H247N9O2S2. The fourth-order valence-electron chi connectivity index (χ4n) is 6.52. The average molecular weight is 1720 g/mol. The maximum Gasteiger partial charge on any atom is 0.328 e.